The predicted molar refractivity (Wildman–Crippen MR) is 145 cm³/mol. The molecule has 2 fully saturated rings. The molecule has 6 atom stereocenters. The molecule has 212 valence electrons. The van der Waals surface area contributed by atoms with Crippen molar-refractivity contribution in [1.82, 2.24) is 0 Å². The maximum absolute atomic E-state index is 13.3. The molecule has 11 heteroatoms. The van der Waals surface area contributed by atoms with Crippen molar-refractivity contribution < 1.29 is 38.0 Å². The van der Waals surface area contributed by atoms with Gasteiger partial charge in [-0.3, -0.25) is 0 Å². The lowest BCUT2D eigenvalue weighted by molar-refractivity contribution is -0.359. The van der Waals surface area contributed by atoms with Gasteiger partial charge in [0.15, 0.2) is 24.8 Å². The minimum atomic E-state index is -1.19. The number of carbonyl (C=O) groups is 2. The summed E-state index contributed by atoms with van der Waals surface area (Å²) < 4.78 is 36.4. The third kappa shape index (κ3) is 7.10. The first-order valence-electron chi connectivity index (χ1n) is 13.3. The predicted octanol–water partition coefficient (Wildman–Crippen LogP) is 4.99. The number of hydrogen-bond acceptors (Lipinski definition) is 9. The number of esters is 2. The number of ether oxygens (including phenoxy) is 6. The fraction of sp³-hybridized carbons (Fsp3) is 0.333. The van der Waals surface area contributed by atoms with Crippen LogP contribution in [0.25, 0.3) is 10.4 Å². The van der Waals surface area contributed by atoms with E-state index in [2.05, 4.69) is 10.0 Å². The Balaban J connectivity index is 1.45. The first-order valence-corrected chi connectivity index (χ1v) is 13.3. The summed E-state index contributed by atoms with van der Waals surface area (Å²) in [6.07, 6.45) is -5.32. The van der Waals surface area contributed by atoms with E-state index in [9.17, 15) is 9.59 Å². The number of nitrogens with zero attached hydrogens (tertiary/aromatic N) is 3. The van der Waals surface area contributed by atoms with E-state index in [1.165, 1.54) is 0 Å². The quantitative estimate of drug-likeness (QED) is 0.111. The monoisotopic (exact) mass is 559 g/mol. The van der Waals surface area contributed by atoms with Crippen LogP contribution in [0.3, 0.4) is 0 Å². The molecule has 0 aromatic heterocycles. The highest BCUT2D eigenvalue weighted by molar-refractivity contribution is 5.90. The molecule has 0 N–H and O–H groups in total. The maximum atomic E-state index is 13.3. The topological polar surface area (TPSA) is 138 Å². The first-order chi connectivity index (χ1) is 20.1. The van der Waals surface area contributed by atoms with E-state index in [0.717, 1.165) is 5.56 Å². The van der Waals surface area contributed by atoms with Gasteiger partial charge in [-0.15, -0.1) is 0 Å². The molecular weight excluding hydrogens is 530 g/mol. The van der Waals surface area contributed by atoms with Crippen molar-refractivity contribution in [2.45, 2.75) is 43.4 Å². The summed E-state index contributed by atoms with van der Waals surface area (Å²) in [5.41, 5.74) is 9.97. The van der Waals surface area contributed by atoms with Crippen LogP contribution in [0.4, 0.5) is 0 Å². The standard InChI is InChI=1S/C30H29N3O8/c31-33-32-17-10-18-36-30-26(40-28(35)21-13-6-2-7-14-21)25(39-27(34)20-11-4-1-5-12-20)24-23(38-30)19-37-29(41-24)22-15-8-3-9-16-22/h1-9,11-16,23-26,29-30H,10,17-19H2/t23-,24-,25+,26-,29?,30-/m1/s1. The Morgan fingerprint density at radius 1 is 0.829 bits per heavy atom. The third-order valence-electron chi connectivity index (χ3n) is 6.61. The fourth-order valence-electron chi connectivity index (χ4n) is 4.63. The maximum Gasteiger partial charge on any atom is 0.338 e. The Morgan fingerprint density at radius 3 is 2.02 bits per heavy atom. The largest absolute Gasteiger partial charge is 0.452 e. The summed E-state index contributed by atoms with van der Waals surface area (Å²) in [7, 11) is 0. The normalized spacial score (nSPS) is 25.3. The number of rotatable bonds is 10. The van der Waals surface area contributed by atoms with E-state index in [1.54, 1.807) is 60.7 Å². The summed E-state index contributed by atoms with van der Waals surface area (Å²) >= 11 is 0. The van der Waals surface area contributed by atoms with Crippen LogP contribution in [-0.2, 0) is 28.4 Å². The molecular formula is C30H29N3O8. The van der Waals surface area contributed by atoms with Gasteiger partial charge in [0.05, 0.1) is 24.3 Å². The first kappa shape index (κ1) is 28.3. The van der Waals surface area contributed by atoms with Crippen LogP contribution in [0.15, 0.2) is 96.1 Å². The Morgan fingerprint density at radius 2 is 1.41 bits per heavy atom. The van der Waals surface area contributed by atoms with E-state index < -0.39 is 48.9 Å². The van der Waals surface area contributed by atoms with E-state index >= 15 is 0 Å². The molecule has 0 amide bonds. The highest BCUT2D eigenvalue weighted by atomic mass is 16.8. The smallest absolute Gasteiger partial charge is 0.338 e. The van der Waals surface area contributed by atoms with Gasteiger partial charge >= 0.3 is 11.9 Å². The Bertz CT molecular complexity index is 1340. The minimum absolute atomic E-state index is 0.113. The van der Waals surface area contributed by atoms with Crippen LogP contribution in [0, 0.1) is 0 Å². The van der Waals surface area contributed by atoms with Crippen LogP contribution in [0.5, 0.6) is 0 Å². The molecule has 3 aromatic carbocycles. The summed E-state index contributed by atoms with van der Waals surface area (Å²) in [5, 5.41) is 3.52. The molecule has 2 heterocycles. The van der Waals surface area contributed by atoms with Crippen LogP contribution in [0.1, 0.15) is 39.0 Å². The van der Waals surface area contributed by atoms with Gasteiger partial charge in [0.25, 0.3) is 0 Å². The Hall–Kier alpha value is -4.25. The highest BCUT2D eigenvalue weighted by Crippen LogP contribution is 2.37. The number of azide groups is 1. The van der Waals surface area contributed by atoms with Gasteiger partial charge in [-0.05, 0) is 36.2 Å². The van der Waals surface area contributed by atoms with Crippen molar-refractivity contribution in [2.75, 3.05) is 19.8 Å². The second-order valence-electron chi connectivity index (χ2n) is 9.37. The van der Waals surface area contributed by atoms with Gasteiger partial charge in [-0.25, -0.2) is 9.59 Å². The van der Waals surface area contributed by atoms with E-state index in [-0.39, 0.29) is 19.8 Å². The van der Waals surface area contributed by atoms with E-state index in [0.29, 0.717) is 17.5 Å². The lowest BCUT2D eigenvalue weighted by Gasteiger charge is -2.48. The minimum Gasteiger partial charge on any atom is -0.452 e. The van der Waals surface area contributed by atoms with Crippen LogP contribution in [-0.4, -0.2) is 62.4 Å². The zero-order chi connectivity index (χ0) is 28.4. The van der Waals surface area contributed by atoms with Crippen LogP contribution in [0.2, 0.25) is 0 Å². The molecule has 0 aliphatic carbocycles. The summed E-state index contributed by atoms with van der Waals surface area (Å²) in [6.45, 7) is 0.455. The van der Waals surface area contributed by atoms with Gasteiger partial charge < -0.3 is 28.4 Å². The van der Waals surface area contributed by atoms with Crippen molar-refractivity contribution >= 4 is 11.9 Å². The molecule has 0 radical (unpaired) electrons. The van der Waals surface area contributed by atoms with Crippen molar-refractivity contribution in [2.24, 2.45) is 5.11 Å². The van der Waals surface area contributed by atoms with Crippen LogP contribution >= 0.6 is 0 Å². The molecule has 1 unspecified atom stereocenters. The summed E-state index contributed by atoms with van der Waals surface area (Å²) in [6, 6.07) is 26.3. The number of hydrogen-bond donors (Lipinski definition) is 0. The molecule has 2 aliphatic heterocycles. The van der Waals surface area contributed by atoms with Crippen molar-refractivity contribution in [3.63, 3.8) is 0 Å². The van der Waals surface area contributed by atoms with Crippen molar-refractivity contribution in [1.29, 1.82) is 0 Å². The molecule has 11 nitrogen and oxygen atoms in total. The lowest BCUT2D eigenvalue weighted by Crippen LogP contribution is -2.64. The molecule has 0 saturated carbocycles. The molecule has 3 aromatic rings. The molecule has 0 bridgehead atoms. The zero-order valence-electron chi connectivity index (χ0n) is 22.1. The van der Waals surface area contributed by atoms with Gasteiger partial charge in [0.1, 0.15) is 12.2 Å². The van der Waals surface area contributed by atoms with Gasteiger partial charge in [0.2, 0.25) is 0 Å². The third-order valence-corrected chi connectivity index (χ3v) is 6.61. The van der Waals surface area contributed by atoms with E-state index in [1.807, 2.05) is 30.3 Å². The van der Waals surface area contributed by atoms with Gasteiger partial charge in [-0.1, -0.05) is 71.8 Å². The average Bonchev–Trinajstić information content (AvgIpc) is 3.03. The second-order valence-corrected chi connectivity index (χ2v) is 9.37. The summed E-state index contributed by atoms with van der Waals surface area (Å²) in [5.74, 6) is -1.27. The van der Waals surface area contributed by atoms with Crippen LogP contribution < -0.4 is 0 Å². The summed E-state index contributed by atoms with van der Waals surface area (Å²) in [4.78, 5) is 29.3. The van der Waals surface area contributed by atoms with E-state index in [4.69, 9.17) is 34.0 Å². The molecule has 2 aliphatic rings. The molecule has 2 saturated heterocycles. The molecule has 0 spiro atoms. The average molecular weight is 560 g/mol. The van der Waals surface area contributed by atoms with Gasteiger partial charge in [0, 0.05) is 17.0 Å². The fourth-order valence-corrected chi connectivity index (χ4v) is 4.63. The number of fused-ring (bicyclic) bond motifs is 1. The molecule has 5 rings (SSSR count). The number of benzene rings is 3. The van der Waals surface area contributed by atoms with Gasteiger partial charge in [-0.2, -0.15) is 0 Å². The van der Waals surface area contributed by atoms with Crippen molar-refractivity contribution in [3.05, 3.63) is 118 Å². The Labute approximate surface area is 236 Å². The SMILES string of the molecule is [N-]=[N+]=NCCCO[C@@H]1O[C@@H]2COC(c3ccccc3)O[C@H]2[C@H](OC(=O)c2ccccc2)[C@H]1OC(=O)c1ccccc1. The lowest BCUT2D eigenvalue weighted by atomic mass is 9.97. The van der Waals surface area contributed by atoms with Crippen molar-refractivity contribution in [3.8, 4) is 0 Å². The second kappa shape index (κ2) is 13.9. The molecule has 41 heavy (non-hydrogen) atoms. The zero-order valence-corrected chi connectivity index (χ0v) is 22.1. The highest BCUT2D eigenvalue weighted by Gasteiger charge is 2.54. The number of carbonyl (C=O) groups excluding carboxylic acids is 2. The Kier molecular flexibility index (Phi) is 9.58.